The van der Waals surface area contributed by atoms with Crippen molar-refractivity contribution >= 4 is 23.5 Å². The summed E-state index contributed by atoms with van der Waals surface area (Å²) in [5, 5.41) is 16.6. The summed E-state index contributed by atoms with van der Waals surface area (Å²) in [5.74, 6) is -1.63. The van der Waals surface area contributed by atoms with Gasteiger partial charge in [0.15, 0.2) is 0 Å². The molecular weight excluding hydrogens is 372 g/mol. The average Bonchev–Trinajstić information content (AvgIpc) is 3.10. The first-order valence-electron chi connectivity index (χ1n) is 9.79. The second-order valence-electron chi connectivity index (χ2n) is 7.59. The number of likely N-dealkylation sites (tertiary alicyclic amines) is 1. The summed E-state index contributed by atoms with van der Waals surface area (Å²) in [5.41, 5.74) is 1.92. The second-order valence-corrected chi connectivity index (χ2v) is 7.59. The predicted molar refractivity (Wildman–Crippen MR) is 108 cm³/mol. The standard InChI is InChI=1S/C21H26N4O4/c1-13(2)25-12-17(14(3)23-25)19(26)22-16-8-6-7-15(11-16)20(27)24-10-5-4-9-18(24)21(28)29/h6-8,11-13,18H,4-5,9-10H2,1-3H3,(H,22,26)(H,28,29). The molecule has 1 saturated heterocycles. The number of nitrogens with zero attached hydrogens (tertiary/aromatic N) is 3. The molecule has 2 N–H and O–H groups in total. The van der Waals surface area contributed by atoms with Crippen molar-refractivity contribution in [2.45, 2.75) is 52.1 Å². The number of hydrogen-bond acceptors (Lipinski definition) is 4. The third-order valence-electron chi connectivity index (χ3n) is 5.11. The lowest BCUT2D eigenvalue weighted by Gasteiger charge is -2.33. The van der Waals surface area contributed by atoms with Crippen molar-refractivity contribution in [2.24, 2.45) is 0 Å². The van der Waals surface area contributed by atoms with Crippen molar-refractivity contribution in [3.8, 4) is 0 Å². The summed E-state index contributed by atoms with van der Waals surface area (Å²) < 4.78 is 1.73. The van der Waals surface area contributed by atoms with E-state index < -0.39 is 12.0 Å². The summed E-state index contributed by atoms with van der Waals surface area (Å²) >= 11 is 0. The molecule has 1 aliphatic rings. The highest BCUT2D eigenvalue weighted by molar-refractivity contribution is 6.05. The van der Waals surface area contributed by atoms with Crippen LogP contribution in [0, 0.1) is 6.92 Å². The molecule has 8 heteroatoms. The van der Waals surface area contributed by atoms with Crippen LogP contribution in [0.3, 0.4) is 0 Å². The third-order valence-corrected chi connectivity index (χ3v) is 5.11. The highest BCUT2D eigenvalue weighted by Crippen LogP contribution is 2.22. The Morgan fingerprint density at radius 1 is 1.24 bits per heavy atom. The van der Waals surface area contributed by atoms with E-state index in [9.17, 15) is 19.5 Å². The summed E-state index contributed by atoms with van der Waals surface area (Å²) in [7, 11) is 0. The molecule has 0 saturated carbocycles. The van der Waals surface area contributed by atoms with Crippen LogP contribution in [0.15, 0.2) is 30.5 Å². The van der Waals surface area contributed by atoms with Gasteiger partial charge in [0.05, 0.1) is 11.3 Å². The molecule has 2 heterocycles. The lowest BCUT2D eigenvalue weighted by atomic mass is 10.0. The summed E-state index contributed by atoms with van der Waals surface area (Å²) in [6.07, 6.45) is 3.73. The Morgan fingerprint density at radius 2 is 2.00 bits per heavy atom. The van der Waals surface area contributed by atoms with Crippen molar-refractivity contribution in [3.63, 3.8) is 0 Å². The van der Waals surface area contributed by atoms with E-state index in [2.05, 4.69) is 10.4 Å². The van der Waals surface area contributed by atoms with E-state index in [4.69, 9.17) is 0 Å². The van der Waals surface area contributed by atoms with E-state index in [1.807, 2.05) is 13.8 Å². The molecule has 1 aromatic heterocycles. The number of aliphatic carboxylic acids is 1. The minimum Gasteiger partial charge on any atom is -0.480 e. The minimum atomic E-state index is -0.986. The summed E-state index contributed by atoms with van der Waals surface area (Å²) in [6.45, 7) is 6.15. The van der Waals surface area contributed by atoms with Gasteiger partial charge in [0.1, 0.15) is 6.04 Å². The van der Waals surface area contributed by atoms with Gasteiger partial charge in [-0.25, -0.2) is 4.79 Å². The monoisotopic (exact) mass is 398 g/mol. The zero-order valence-corrected chi connectivity index (χ0v) is 16.9. The molecule has 1 unspecified atom stereocenters. The normalized spacial score (nSPS) is 16.7. The molecule has 2 amide bonds. The molecule has 0 bridgehead atoms. The van der Waals surface area contributed by atoms with Gasteiger partial charge in [-0.3, -0.25) is 14.3 Å². The molecule has 0 spiro atoms. The number of carboxylic acids is 1. The van der Waals surface area contributed by atoms with Gasteiger partial charge in [0.2, 0.25) is 0 Å². The van der Waals surface area contributed by atoms with E-state index in [1.165, 1.54) is 4.90 Å². The van der Waals surface area contributed by atoms with E-state index in [-0.39, 0.29) is 17.9 Å². The lowest BCUT2D eigenvalue weighted by Crippen LogP contribution is -2.48. The topological polar surface area (TPSA) is 105 Å². The fraction of sp³-hybridized carbons (Fsp3) is 0.429. The lowest BCUT2D eigenvalue weighted by molar-refractivity contribution is -0.143. The van der Waals surface area contributed by atoms with Crippen LogP contribution in [0.1, 0.15) is 65.6 Å². The van der Waals surface area contributed by atoms with Gasteiger partial charge in [-0.1, -0.05) is 6.07 Å². The van der Waals surface area contributed by atoms with Crippen molar-refractivity contribution < 1.29 is 19.5 Å². The predicted octanol–water partition coefficient (Wildman–Crippen LogP) is 3.10. The van der Waals surface area contributed by atoms with Crippen molar-refractivity contribution in [3.05, 3.63) is 47.3 Å². The van der Waals surface area contributed by atoms with Gasteiger partial charge in [-0.15, -0.1) is 0 Å². The largest absolute Gasteiger partial charge is 0.480 e. The van der Waals surface area contributed by atoms with Crippen LogP contribution in [0.4, 0.5) is 5.69 Å². The number of rotatable bonds is 5. The van der Waals surface area contributed by atoms with Crippen molar-refractivity contribution in [2.75, 3.05) is 11.9 Å². The van der Waals surface area contributed by atoms with Crippen LogP contribution >= 0.6 is 0 Å². The van der Waals surface area contributed by atoms with E-state index in [0.717, 1.165) is 12.8 Å². The van der Waals surface area contributed by atoms with E-state index in [1.54, 1.807) is 42.1 Å². The number of piperidine rings is 1. The Balaban J connectivity index is 1.78. The first kappa shape index (κ1) is 20.6. The molecular formula is C21H26N4O4. The fourth-order valence-electron chi connectivity index (χ4n) is 3.49. The van der Waals surface area contributed by atoms with Crippen LogP contribution < -0.4 is 5.32 Å². The number of carbonyl (C=O) groups is 3. The Hall–Kier alpha value is -3.16. The number of anilines is 1. The number of aryl methyl sites for hydroxylation is 1. The number of carbonyl (C=O) groups excluding carboxylic acids is 2. The van der Waals surface area contributed by atoms with Gasteiger partial charge in [0, 0.05) is 30.0 Å². The maximum absolute atomic E-state index is 12.9. The Bertz CT molecular complexity index is 935. The molecule has 1 atom stereocenters. The highest BCUT2D eigenvalue weighted by Gasteiger charge is 2.32. The molecule has 29 heavy (non-hydrogen) atoms. The molecule has 0 aliphatic carbocycles. The molecule has 3 rings (SSSR count). The van der Waals surface area contributed by atoms with Crippen LogP contribution in [-0.2, 0) is 4.79 Å². The number of aromatic nitrogens is 2. The number of benzene rings is 1. The SMILES string of the molecule is Cc1nn(C(C)C)cc1C(=O)Nc1cccc(C(=O)N2CCCCC2C(=O)O)c1. The number of amides is 2. The molecule has 1 fully saturated rings. The Labute approximate surface area is 169 Å². The first-order chi connectivity index (χ1) is 13.8. The van der Waals surface area contributed by atoms with Gasteiger partial charge < -0.3 is 15.3 Å². The second kappa shape index (κ2) is 8.46. The Kier molecular flexibility index (Phi) is 6.00. The molecule has 154 valence electrons. The van der Waals surface area contributed by atoms with Crippen molar-refractivity contribution in [1.82, 2.24) is 14.7 Å². The van der Waals surface area contributed by atoms with Gasteiger partial charge in [-0.05, 0) is 58.2 Å². The van der Waals surface area contributed by atoms with Gasteiger partial charge in [0.25, 0.3) is 11.8 Å². The fourth-order valence-corrected chi connectivity index (χ4v) is 3.49. The summed E-state index contributed by atoms with van der Waals surface area (Å²) in [4.78, 5) is 38.4. The zero-order chi connectivity index (χ0) is 21.1. The summed E-state index contributed by atoms with van der Waals surface area (Å²) in [6, 6.07) is 5.92. The van der Waals surface area contributed by atoms with Crippen LogP contribution in [0.2, 0.25) is 0 Å². The molecule has 1 aromatic carbocycles. The zero-order valence-electron chi connectivity index (χ0n) is 16.9. The smallest absolute Gasteiger partial charge is 0.326 e. The molecule has 0 radical (unpaired) electrons. The molecule has 1 aliphatic heterocycles. The quantitative estimate of drug-likeness (QED) is 0.805. The van der Waals surface area contributed by atoms with Crippen LogP contribution in [-0.4, -0.2) is 50.2 Å². The number of nitrogens with one attached hydrogen (secondary N) is 1. The average molecular weight is 398 g/mol. The van der Waals surface area contributed by atoms with Crippen LogP contribution in [0.5, 0.6) is 0 Å². The van der Waals surface area contributed by atoms with Gasteiger partial charge >= 0.3 is 5.97 Å². The highest BCUT2D eigenvalue weighted by atomic mass is 16.4. The van der Waals surface area contributed by atoms with E-state index >= 15 is 0 Å². The van der Waals surface area contributed by atoms with Crippen molar-refractivity contribution in [1.29, 1.82) is 0 Å². The Morgan fingerprint density at radius 3 is 2.66 bits per heavy atom. The van der Waals surface area contributed by atoms with Crippen LogP contribution in [0.25, 0.3) is 0 Å². The minimum absolute atomic E-state index is 0.142. The number of hydrogen-bond donors (Lipinski definition) is 2. The molecule has 8 nitrogen and oxygen atoms in total. The van der Waals surface area contributed by atoms with E-state index in [0.29, 0.717) is 35.5 Å². The van der Waals surface area contributed by atoms with Gasteiger partial charge in [-0.2, -0.15) is 5.10 Å². The molecule has 2 aromatic rings. The maximum atomic E-state index is 12.9. The third kappa shape index (κ3) is 4.47. The number of carboxylic acid groups (broad SMARTS) is 1. The maximum Gasteiger partial charge on any atom is 0.326 e. The first-order valence-corrected chi connectivity index (χ1v) is 9.79.